The summed E-state index contributed by atoms with van der Waals surface area (Å²) in [4.78, 5) is 51.1. The second-order valence-corrected chi connectivity index (χ2v) is 19.5. The van der Waals surface area contributed by atoms with Crippen LogP contribution in [0.4, 0.5) is 0 Å². The Morgan fingerprint density at radius 1 is 0.407 bits per heavy atom. The summed E-state index contributed by atoms with van der Waals surface area (Å²) in [6, 6.07) is 0. The SMILES string of the molecule is CC/C=C\C/C=C\C/C=C\C/C=C\C/C=C\C/C=C\CCC(=O)OCC(COC1OC(C(=O)O)C(O)C(O)C1OC(=O)CCCCCCCC/C=C\C/C=C\C/C=C\C/C=C\CC)OC(=O)CC/C=C\C/C=C\C/C=C\C/C=C\CC. The van der Waals surface area contributed by atoms with Gasteiger partial charge in [-0.3, -0.25) is 14.4 Å². The van der Waals surface area contributed by atoms with E-state index < -0.39 is 73.9 Å². The van der Waals surface area contributed by atoms with E-state index >= 15 is 0 Å². The molecule has 1 aliphatic heterocycles. The highest BCUT2D eigenvalue weighted by molar-refractivity contribution is 5.74. The van der Waals surface area contributed by atoms with Crippen molar-refractivity contribution in [3.8, 4) is 0 Å². The summed E-state index contributed by atoms with van der Waals surface area (Å²) in [7, 11) is 0. The van der Waals surface area contributed by atoms with Crippen LogP contribution in [0.25, 0.3) is 0 Å². The summed E-state index contributed by atoms with van der Waals surface area (Å²) in [6.07, 6.45) is 69.2. The molecule has 12 heteroatoms. The van der Waals surface area contributed by atoms with Crippen LogP contribution >= 0.6 is 0 Å². The van der Waals surface area contributed by atoms with Crippen molar-refractivity contribution >= 4 is 23.9 Å². The van der Waals surface area contributed by atoms with E-state index in [0.717, 1.165) is 116 Å². The van der Waals surface area contributed by atoms with E-state index in [4.69, 9.17) is 23.7 Å². The van der Waals surface area contributed by atoms with E-state index in [0.29, 0.717) is 32.1 Å². The van der Waals surface area contributed by atoms with Crippen LogP contribution in [0.3, 0.4) is 0 Å². The lowest BCUT2D eigenvalue weighted by atomic mass is 9.98. The van der Waals surface area contributed by atoms with Gasteiger partial charge < -0.3 is 39.0 Å². The Bertz CT molecular complexity index is 2060. The van der Waals surface area contributed by atoms with Gasteiger partial charge in [0.1, 0.15) is 18.8 Å². The number of rotatable bonds is 48. The molecular formula is C69H102O12. The number of carboxylic acids is 1. The van der Waals surface area contributed by atoms with E-state index in [1.165, 1.54) is 0 Å². The molecule has 3 N–H and O–H groups in total. The van der Waals surface area contributed by atoms with Crippen LogP contribution in [0.1, 0.15) is 188 Å². The molecule has 81 heavy (non-hydrogen) atoms. The van der Waals surface area contributed by atoms with Crippen LogP contribution in [-0.2, 0) is 42.9 Å². The third-order valence-electron chi connectivity index (χ3n) is 12.3. The summed E-state index contributed by atoms with van der Waals surface area (Å²) in [5.41, 5.74) is 0. The Kier molecular flexibility index (Phi) is 49.3. The van der Waals surface area contributed by atoms with Gasteiger partial charge in [0.2, 0.25) is 0 Å². The summed E-state index contributed by atoms with van der Waals surface area (Å²) in [5.74, 6) is -3.39. The maximum absolute atomic E-state index is 13.1. The molecule has 6 unspecified atom stereocenters. The van der Waals surface area contributed by atoms with Crippen molar-refractivity contribution < 1.29 is 58.2 Å². The van der Waals surface area contributed by atoms with Crippen molar-refractivity contribution in [2.75, 3.05) is 13.2 Å². The largest absolute Gasteiger partial charge is 0.479 e. The molecule has 450 valence electrons. The van der Waals surface area contributed by atoms with Gasteiger partial charge in [0.05, 0.1) is 6.61 Å². The molecule has 1 saturated heterocycles. The van der Waals surface area contributed by atoms with E-state index in [9.17, 15) is 34.5 Å². The highest BCUT2D eigenvalue weighted by atomic mass is 16.7. The van der Waals surface area contributed by atoms with E-state index in [-0.39, 0.29) is 19.3 Å². The lowest BCUT2D eigenvalue weighted by molar-refractivity contribution is -0.301. The van der Waals surface area contributed by atoms with Crippen LogP contribution < -0.4 is 0 Å². The number of unbranched alkanes of at least 4 members (excludes halogenated alkanes) is 6. The maximum atomic E-state index is 13.1. The summed E-state index contributed by atoms with van der Waals surface area (Å²) in [6.45, 7) is 5.49. The van der Waals surface area contributed by atoms with Gasteiger partial charge in [0, 0.05) is 19.3 Å². The first-order valence-electron chi connectivity index (χ1n) is 30.1. The molecule has 0 bridgehead atoms. The number of aliphatic carboxylic acids is 1. The fourth-order valence-corrected chi connectivity index (χ4v) is 7.81. The molecule has 1 rings (SSSR count). The second-order valence-electron chi connectivity index (χ2n) is 19.5. The fraction of sp³-hybridized carbons (Fsp3) is 0.536. The number of allylic oxidation sites excluding steroid dienone is 28. The average Bonchev–Trinajstić information content (AvgIpc) is 3.45. The third-order valence-corrected chi connectivity index (χ3v) is 12.3. The Labute approximate surface area is 487 Å². The molecule has 1 heterocycles. The topological polar surface area (TPSA) is 175 Å². The molecule has 0 aliphatic carbocycles. The Morgan fingerprint density at radius 3 is 1.17 bits per heavy atom. The first-order valence-corrected chi connectivity index (χ1v) is 30.1. The van der Waals surface area contributed by atoms with Gasteiger partial charge in [-0.1, -0.05) is 217 Å². The van der Waals surface area contributed by atoms with Gasteiger partial charge in [-0.2, -0.15) is 0 Å². The molecule has 0 amide bonds. The highest BCUT2D eigenvalue weighted by Gasteiger charge is 2.50. The number of hydrogen-bond donors (Lipinski definition) is 3. The second kappa shape index (κ2) is 54.7. The summed E-state index contributed by atoms with van der Waals surface area (Å²) in [5, 5.41) is 31.5. The quantitative estimate of drug-likeness (QED) is 0.0228. The normalized spacial score (nSPS) is 19.0. The van der Waals surface area contributed by atoms with Crippen molar-refractivity contribution in [2.45, 2.75) is 225 Å². The van der Waals surface area contributed by atoms with Gasteiger partial charge in [-0.15, -0.1) is 0 Å². The first-order chi connectivity index (χ1) is 39.6. The monoisotopic (exact) mass is 1120 g/mol. The zero-order valence-electron chi connectivity index (χ0n) is 49.4. The van der Waals surface area contributed by atoms with Crippen LogP contribution in [0.2, 0.25) is 0 Å². The number of ether oxygens (including phenoxy) is 5. The molecule has 0 aromatic rings. The number of esters is 3. The zero-order valence-corrected chi connectivity index (χ0v) is 49.4. The molecule has 0 spiro atoms. The Balaban J connectivity index is 2.77. The number of carbonyl (C=O) groups is 4. The standard InChI is InChI=1S/C69H102O12/c1-4-7-10-13-16-19-22-25-27-29-31-33-35-38-40-43-46-49-52-55-61(70)77-58-60(79-62(71)56-53-50-47-44-41-37-24-21-18-15-12-9-6-3)59-78-69-67(65(74)64(73)66(81-69)68(75)76)80-63(72)57-54-51-48-45-42-39-36-34-32-30-28-26-23-20-17-14-11-8-5-2/h7-12,16-21,25-28,31-34,37-38,40-41,46-47,49-50,60,64-67,69,73-74H,4-6,13-15,22-24,29-30,35-36,39,42-45,48,51-59H2,1-3H3,(H,75,76)/b10-7-,11-8-,12-9-,19-16-,20-17-,21-18-,27-25-,28-26-,33-31-,34-32-,40-38-,41-37-,49-46-,50-47-. The van der Waals surface area contributed by atoms with Crippen molar-refractivity contribution in [1.29, 1.82) is 0 Å². The molecule has 12 nitrogen and oxygen atoms in total. The molecule has 0 radical (unpaired) electrons. The van der Waals surface area contributed by atoms with Gasteiger partial charge in [0.25, 0.3) is 0 Å². The van der Waals surface area contributed by atoms with Crippen LogP contribution in [-0.4, -0.2) is 89.2 Å². The number of carboxylic acid groups (broad SMARTS) is 1. The molecule has 0 saturated carbocycles. The van der Waals surface area contributed by atoms with Crippen LogP contribution in [0.5, 0.6) is 0 Å². The summed E-state index contributed by atoms with van der Waals surface area (Å²) >= 11 is 0. The lowest BCUT2D eigenvalue weighted by Gasteiger charge is -2.40. The minimum atomic E-state index is -1.94. The van der Waals surface area contributed by atoms with Gasteiger partial charge in [-0.25, -0.2) is 4.79 Å². The molecule has 0 aromatic heterocycles. The molecule has 6 atom stereocenters. The summed E-state index contributed by atoms with van der Waals surface area (Å²) < 4.78 is 28.2. The molecule has 1 fully saturated rings. The van der Waals surface area contributed by atoms with E-state index in [1.807, 2.05) is 30.4 Å². The van der Waals surface area contributed by atoms with Crippen LogP contribution in [0.15, 0.2) is 170 Å². The van der Waals surface area contributed by atoms with Crippen molar-refractivity contribution in [1.82, 2.24) is 0 Å². The highest BCUT2D eigenvalue weighted by Crippen LogP contribution is 2.26. The van der Waals surface area contributed by atoms with Crippen LogP contribution in [0, 0.1) is 0 Å². The van der Waals surface area contributed by atoms with Gasteiger partial charge in [0.15, 0.2) is 24.6 Å². The minimum absolute atomic E-state index is 0.0134. The molecule has 1 aliphatic rings. The molecular weight excluding hydrogens is 1020 g/mol. The maximum Gasteiger partial charge on any atom is 0.335 e. The van der Waals surface area contributed by atoms with E-state index in [2.05, 4.69) is 161 Å². The predicted octanol–water partition coefficient (Wildman–Crippen LogP) is 15.9. The average molecular weight is 1120 g/mol. The number of hydrogen-bond acceptors (Lipinski definition) is 11. The smallest absolute Gasteiger partial charge is 0.335 e. The number of aliphatic hydroxyl groups is 2. The van der Waals surface area contributed by atoms with Crippen molar-refractivity contribution in [3.63, 3.8) is 0 Å². The number of aliphatic hydroxyl groups excluding tert-OH is 2. The van der Waals surface area contributed by atoms with Crippen molar-refractivity contribution in [3.05, 3.63) is 170 Å². The van der Waals surface area contributed by atoms with Crippen molar-refractivity contribution in [2.24, 2.45) is 0 Å². The Morgan fingerprint density at radius 2 is 0.765 bits per heavy atom. The third kappa shape index (κ3) is 44.4. The van der Waals surface area contributed by atoms with Gasteiger partial charge >= 0.3 is 23.9 Å². The lowest BCUT2D eigenvalue weighted by Crippen LogP contribution is -2.61. The Hall–Kier alpha value is -5.92. The van der Waals surface area contributed by atoms with Gasteiger partial charge in [-0.05, 0) is 122 Å². The first kappa shape index (κ1) is 73.1. The molecule has 0 aromatic carbocycles. The number of carbonyl (C=O) groups excluding carboxylic acids is 3. The predicted molar refractivity (Wildman–Crippen MR) is 330 cm³/mol. The fourth-order valence-electron chi connectivity index (χ4n) is 7.81. The zero-order chi connectivity index (χ0) is 58.9. The minimum Gasteiger partial charge on any atom is -0.479 e. The van der Waals surface area contributed by atoms with E-state index in [1.54, 1.807) is 0 Å².